The molecule has 1 aliphatic heterocycles. The van der Waals surface area contributed by atoms with Crippen LogP contribution in [0.3, 0.4) is 0 Å². The van der Waals surface area contributed by atoms with E-state index < -0.39 is 0 Å². The molecule has 0 aliphatic carbocycles. The Balaban J connectivity index is 1.77. The summed E-state index contributed by atoms with van der Waals surface area (Å²) in [5, 5.41) is 3.02. The van der Waals surface area contributed by atoms with Gasteiger partial charge in [-0.25, -0.2) is 0 Å². The lowest BCUT2D eigenvalue weighted by atomic mass is 10.1. The molecule has 1 fully saturated rings. The summed E-state index contributed by atoms with van der Waals surface area (Å²) in [6, 6.07) is 7.59. The number of benzene rings is 1. The normalized spacial score (nSPS) is 16.7. The van der Waals surface area contributed by atoms with Crippen molar-refractivity contribution in [3.63, 3.8) is 0 Å². The molecular formula is C15H22N2O3. The molecule has 1 N–H and O–H groups in total. The molecule has 0 radical (unpaired) electrons. The highest BCUT2D eigenvalue weighted by Crippen LogP contribution is 2.25. The molecule has 1 aliphatic rings. The highest BCUT2D eigenvalue weighted by atomic mass is 16.5. The molecule has 0 spiro atoms. The fourth-order valence-corrected chi connectivity index (χ4v) is 2.30. The van der Waals surface area contributed by atoms with Gasteiger partial charge >= 0.3 is 0 Å². The third kappa shape index (κ3) is 4.13. The van der Waals surface area contributed by atoms with Gasteiger partial charge in [-0.15, -0.1) is 0 Å². The maximum Gasteiger partial charge on any atom is 0.258 e. The summed E-state index contributed by atoms with van der Waals surface area (Å²) in [6.45, 7) is 2.07. The molecule has 0 unspecified atom stereocenters. The van der Waals surface area contributed by atoms with Crippen molar-refractivity contribution in [2.24, 2.45) is 0 Å². The van der Waals surface area contributed by atoms with E-state index in [1.165, 1.54) is 0 Å². The summed E-state index contributed by atoms with van der Waals surface area (Å²) in [5.41, 5.74) is 0. The van der Waals surface area contributed by atoms with Crippen LogP contribution in [0.2, 0.25) is 0 Å². The van der Waals surface area contributed by atoms with Gasteiger partial charge in [0.05, 0.1) is 7.11 Å². The fraction of sp³-hybridized carbons (Fsp3) is 0.533. The van der Waals surface area contributed by atoms with Crippen molar-refractivity contribution in [1.29, 1.82) is 0 Å². The highest BCUT2D eigenvalue weighted by molar-refractivity contribution is 5.77. The van der Waals surface area contributed by atoms with E-state index in [-0.39, 0.29) is 18.6 Å². The molecule has 0 atom stereocenters. The number of nitrogens with one attached hydrogen (secondary N) is 1. The minimum Gasteiger partial charge on any atom is -0.493 e. The minimum absolute atomic E-state index is 0.0205. The van der Waals surface area contributed by atoms with Gasteiger partial charge in [-0.2, -0.15) is 0 Å². The van der Waals surface area contributed by atoms with Crippen molar-refractivity contribution in [2.75, 3.05) is 33.9 Å². The number of likely N-dealkylation sites (tertiary alicyclic amines) is 1. The van der Waals surface area contributed by atoms with Gasteiger partial charge in [0.15, 0.2) is 18.1 Å². The van der Waals surface area contributed by atoms with Crippen LogP contribution >= 0.6 is 0 Å². The molecule has 1 saturated heterocycles. The number of para-hydroxylation sites is 2. The van der Waals surface area contributed by atoms with Gasteiger partial charge in [0.1, 0.15) is 0 Å². The van der Waals surface area contributed by atoms with Crippen molar-refractivity contribution in [3.05, 3.63) is 24.3 Å². The number of ether oxygens (including phenoxy) is 2. The third-order valence-corrected chi connectivity index (χ3v) is 3.51. The molecule has 2 rings (SSSR count). The van der Waals surface area contributed by atoms with Crippen LogP contribution in [0.1, 0.15) is 12.8 Å². The van der Waals surface area contributed by atoms with E-state index in [1.807, 2.05) is 18.2 Å². The van der Waals surface area contributed by atoms with E-state index in [4.69, 9.17) is 9.47 Å². The first-order valence-electron chi connectivity index (χ1n) is 6.93. The Hall–Kier alpha value is -1.75. The van der Waals surface area contributed by atoms with Crippen LogP contribution in [0.25, 0.3) is 0 Å². The Morgan fingerprint density at radius 3 is 2.60 bits per heavy atom. The molecule has 0 bridgehead atoms. The predicted molar refractivity (Wildman–Crippen MR) is 77.2 cm³/mol. The summed E-state index contributed by atoms with van der Waals surface area (Å²) < 4.78 is 10.7. The lowest BCUT2D eigenvalue weighted by Crippen LogP contribution is -2.44. The second-order valence-corrected chi connectivity index (χ2v) is 5.08. The van der Waals surface area contributed by atoms with Gasteiger partial charge in [-0.1, -0.05) is 12.1 Å². The zero-order valence-electron chi connectivity index (χ0n) is 12.1. The largest absolute Gasteiger partial charge is 0.493 e. The number of carbonyl (C=O) groups is 1. The quantitative estimate of drug-likeness (QED) is 0.881. The van der Waals surface area contributed by atoms with E-state index >= 15 is 0 Å². The van der Waals surface area contributed by atoms with Crippen LogP contribution in [0, 0.1) is 0 Å². The van der Waals surface area contributed by atoms with Crippen LogP contribution < -0.4 is 14.8 Å². The number of carbonyl (C=O) groups excluding carboxylic acids is 1. The van der Waals surface area contributed by atoms with Crippen molar-refractivity contribution < 1.29 is 14.3 Å². The number of piperidine rings is 1. The second-order valence-electron chi connectivity index (χ2n) is 5.08. The molecular weight excluding hydrogens is 256 g/mol. The number of nitrogens with zero attached hydrogens (tertiary/aromatic N) is 1. The van der Waals surface area contributed by atoms with Gasteiger partial charge in [-0.05, 0) is 45.1 Å². The number of amides is 1. The standard InChI is InChI=1S/C15H22N2O3/c1-17-9-7-12(8-10-17)16-15(18)11-20-14-6-4-3-5-13(14)19-2/h3-6,12H,7-11H2,1-2H3,(H,16,18). The lowest BCUT2D eigenvalue weighted by molar-refractivity contribution is -0.124. The molecule has 0 saturated carbocycles. The summed E-state index contributed by atoms with van der Waals surface area (Å²) in [5.74, 6) is 1.15. The molecule has 5 heteroatoms. The van der Waals surface area contributed by atoms with Crippen molar-refractivity contribution in [3.8, 4) is 11.5 Å². The summed E-state index contributed by atoms with van der Waals surface area (Å²) >= 11 is 0. The molecule has 20 heavy (non-hydrogen) atoms. The smallest absolute Gasteiger partial charge is 0.258 e. The first kappa shape index (κ1) is 14.7. The fourth-order valence-electron chi connectivity index (χ4n) is 2.30. The van der Waals surface area contributed by atoms with Gasteiger partial charge in [0, 0.05) is 6.04 Å². The van der Waals surface area contributed by atoms with Gasteiger partial charge in [0.25, 0.3) is 5.91 Å². The predicted octanol–water partition coefficient (Wildman–Crippen LogP) is 1.28. The minimum atomic E-state index is -0.0783. The van der Waals surface area contributed by atoms with E-state index in [0.29, 0.717) is 11.5 Å². The molecule has 1 aromatic carbocycles. The van der Waals surface area contributed by atoms with E-state index in [0.717, 1.165) is 25.9 Å². The van der Waals surface area contributed by atoms with Gasteiger partial charge < -0.3 is 19.7 Å². The zero-order valence-corrected chi connectivity index (χ0v) is 12.1. The van der Waals surface area contributed by atoms with Crippen LogP contribution in [-0.4, -0.2) is 50.7 Å². The lowest BCUT2D eigenvalue weighted by Gasteiger charge is -2.29. The first-order chi connectivity index (χ1) is 9.69. The number of rotatable bonds is 5. The van der Waals surface area contributed by atoms with Crippen LogP contribution in [-0.2, 0) is 4.79 Å². The molecule has 110 valence electrons. The monoisotopic (exact) mass is 278 g/mol. The Morgan fingerprint density at radius 2 is 1.95 bits per heavy atom. The van der Waals surface area contributed by atoms with Gasteiger partial charge in [0.2, 0.25) is 0 Å². The Kier molecular flexibility index (Phi) is 5.24. The third-order valence-electron chi connectivity index (χ3n) is 3.51. The SMILES string of the molecule is COc1ccccc1OCC(=O)NC1CCN(C)CC1. The van der Waals surface area contributed by atoms with Gasteiger partial charge in [-0.3, -0.25) is 4.79 Å². The Bertz CT molecular complexity index is 442. The van der Waals surface area contributed by atoms with Crippen LogP contribution in [0.15, 0.2) is 24.3 Å². The molecule has 1 aromatic rings. The molecule has 0 aromatic heterocycles. The zero-order chi connectivity index (χ0) is 14.4. The summed E-state index contributed by atoms with van der Waals surface area (Å²) in [6.07, 6.45) is 1.99. The summed E-state index contributed by atoms with van der Waals surface area (Å²) in [7, 11) is 3.68. The molecule has 1 heterocycles. The van der Waals surface area contributed by atoms with E-state index in [1.54, 1.807) is 13.2 Å². The maximum atomic E-state index is 11.9. The molecule has 1 amide bonds. The Morgan fingerprint density at radius 1 is 1.30 bits per heavy atom. The van der Waals surface area contributed by atoms with Crippen LogP contribution in [0.4, 0.5) is 0 Å². The topological polar surface area (TPSA) is 50.8 Å². The Labute approximate surface area is 119 Å². The van der Waals surface area contributed by atoms with Crippen molar-refractivity contribution >= 4 is 5.91 Å². The van der Waals surface area contributed by atoms with Crippen molar-refractivity contribution in [1.82, 2.24) is 10.2 Å². The summed E-state index contributed by atoms with van der Waals surface area (Å²) in [4.78, 5) is 14.1. The average Bonchev–Trinajstić information content (AvgIpc) is 2.48. The maximum absolute atomic E-state index is 11.9. The first-order valence-corrected chi connectivity index (χ1v) is 6.93. The highest BCUT2D eigenvalue weighted by Gasteiger charge is 2.18. The average molecular weight is 278 g/mol. The number of hydrogen-bond donors (Lipinski definition) is 1. The van der Waals surface area contributed by atoms with E-state index in [2.05, 4.69) is 17.3 Å². The molecule has 5 nitrogen and oxygen atoms in total. The second kappa shape index (κ2) is 7.14. The number of methoxy groups -OCH3 is 1. The number of hydrogen-bond acceptors (Lipinski definition) is 4. The van der Waals surface area contributed by atoms with Crippen molar-refractivity contribution in [2.45, 2.75) is 18.9 Å². The van der Waals surface area contributed by atoms with E-state index in [9.17, 15) is 4.79 Å². The van der Waals surface area contributed by atoms with Crippen LogP contribution in [0.5, 0.6) is 11.5 Å².